The summed E-state index contributed by atoms with van der Waals surface area (Å²) in [5.74, 6) is -0.250. The molecule has 0 fully saturated rings. The normalized spacial score (nSPS) is 12.2. The lowest BCUT2D eigenvalue weighted by Crippen LogP contribution is -2.52. The van der Waals surface area contributed by atoms with Crippen molar-refractivity contribution in [3.05, 3.63) is 59.2 Å². The molecule has 0 unspecified atom stereocenters. The van der Waals surface area contributed by atoms with Crippen molar-refractivity contribution in [1.82, 2.24) is 14.5 Å². The third-order valence-corrected chi connectivity index (χ3v) is 7.36. The van der Waals surface area contributed by atoms with Gasteiger partial charge in [-0.1, -0.05) is 24.3 Å². The van der Waals surface area contributed by atoms with Crippen LogP contribution in [0.4, 0.5) is 5.69 Å². The molecule has 1 atom stereocenters. The molecule has 2 rings (SSSR count). The number of methoxy groups -OCH3 is 1. The number of anilines is 1. The summed E-state index contributed by atoms with van der Waals surface area (Å²) in [5, 5.41) is 2.56. The van der Waals surface area contributed by atoms with Gasteiger partial charge >= 0.3 is 10.2 Å². The Kier molecular flexibility index (Phi) is 9.06. The molecule has 10 heteroatoms. The molecule has 0 heterocycles. The minimum Gasteiger partial charge on any atom is -0.497 e. The fraction of sp³-hybridized carbons (Fsp3) is 0.417. The summed E-state index contributed by atoms with van der Waals surface area (Å²) >= 11 is 0. The van der Waals surface area contributed by atoms with Crippen molar-refractivity contribution in [2.75, 3.05) is 39.1 Å². The first-order valence-corrected chi connectivity index (χ1v) is 12.2. The molecule has 2 aromatic carbocycles. The molecule has 0 saturated carbocycles. The first kappa shape index (κ1) is 27.1. The average molecular weight is 491 g/mol. The monoisotopic (exact) mass is 490 g/mol. The van der Waals surface area contributed by atoms with Crippen LogP contribution >= 0.6 is 0 Å². The Morgan fingerprint density at radius 3 is 2.35 bits per heavy atom. The summed E-state index contributed by atoms with van der Waals surface area (Å²) in [6.45, 7) is 4.90. The van der Waals surface area contributed by atoms with Gasteiger partial charge in [0, 0.05) is 27.7 Å². The van der Waals surface area contributed by atoms with Crippen molar-refractivity contribution in [3.8, 4) is 5.75 Å². The average Bonchev–Trinajstić information content (AvgIpc) is 2.81. The molecular weight excluding hydrogens is 456 g/mol. The van der Waals surface area contributed by atoms with Crippen LogP contribution in [0.15, 0.2) is 42.5 Å². The number of nitrogens with zero attached hydrogens (tertiary/aromatic N) is 3. The highest BCUT2D eigenvalue weighted by Gasteiger charge is 2.33. The quantitative estimate of drug-likeness (QED) is 0.550. The highest BCUT2D eigenvalue weighted by molar-refractivity contribution is 7.90. The maximum Gasteiger partial charge on any atom is 0.304 e. The van der Waals surface area contributed by atoms with Gasteiger partial charge in [-0.3, -0.25) is 9.59 Å². The van der Waals surface area contributed by atoms with Crippen LogP contribution in [-0.4, -0.2) is 70.3 Å². The lowest BCUT2D eigenvalue weighted by Gasteiger charge is -2.33. The van der Waals surface area contributed by atoms with Gasteiger partial charge in [0.15, 0.2) is 0 Å². The lowest BCUT2D eigenvalue weighted by molar-refractivity contribution is -0.139. The standard InChI is InChI=1S/C24H34N4O5S/c1-17-11-12-18(2)22(13-17)28(34(31,32)26(5)6)16-23(29)27(19(3)24(30)25-4)15-20-9-8-10-21(14-20)33-7/h8-14,19H,15-16H2,1-7H3,(H,25,30)/t19-/m1/s1. The summed E-state index contributed by atoms with van der Waals surface area (Å²) < 4.78 is 33.9. The molecule has 186 valence electrons. The maximum atomic E-state index is 13.6. The van der Waals surface area contributed by atoms with E-state index in [4.69, 9.17) is 4.74 Å². The number of likely N-dealkylation sites (N-methyl/N-ethyl adjacent to an activating group) is 1. The summed E-state index contributed by atoms with van der Waals surface area (Å²) in [6, 6.07) is 11.8. The fourth-order valence-corrected chi connectivity index (χ4v) is 4.56. The highest BCUT2D eigenvalue weighted by atomic mass is 32.2. The number of amides is 2. The van der Waals surface area contributed by atoms with Crippen molar-refractivity contribution in [2.24, 2.45) is 0 Å². The predicted molar refractivity (Wildman–Crippen MR) is 133 cm³/mol. The topological polar surface area (TPSA) is 99.3 Å². The van der Waals surface area contributed by atoms with Crippen LogP contribution in [0.3, 0.4) is 0 Å². The van der Waals surface area contributed by atoms with E-state index in [1.807, 2.05) is 25.1 Å². The van der Waals surface area contributed by atoms with E-state index in [0.717, 1.165) is 19.7 Å². The van der Waals surface area contributed by atoms with Gasteiger partial charge < -0.3 is 15.0 Å². The lowest BCUT2D eigenvalue weighted by atomic mass is 10.1. The van der Waals surface area contributed by atoms with E-state index in [1.54, 1.807) is 45.2 Å². The van der Waals surface area contributed by atoms with Crippen LogP contribution in [-0.2, 0) is 26.3 Å². The number of aryl methyl sites for hydroxylation is 2. The zero-order valence-corrected chi connectivity index (χ0v) is 21.6. The molecular formula is C24H34N4O5S. The molecule has 0 saturated heterocycles. The Morgan fingerprint density at radius 2 is 1.76 bits per heavy atom. The van der Waals surface area contributed by atoms with E-state index in [-0.39, 0.29) is 12.5 Å². The van der Waals surface area contributed by atoms with Gasteiger partial charge in [-0.05, 0) is 55.7 Å². The van der Waals surface area contributed by atoms with E-state index < -0.39 is 28.7 Å². The second-order valence-corrected chi connectivity index (χ2v) is 10.3. The van der Waals surface area contributed by atoms with Crippen molar-refractivity contribution in [1.29, 1.82) is 0 Å². The Bertz CT molecular complexity index is 1130. The number of hydrogen-bond donors (Lipinski definition) is 1. The number of benzene rings is 2. The first-order chi connectivity index (χ1) is 15.9. The molecule has 0 spiro atoms. The largest absolute Gasteiger partial charge is 0.497 e. The summed E-state index contributed by atoms with van der Waals surface area (Å²) in [5.41, 5.74) is 2.73. The van der Waals surface area contributed by atoms with Crippen molar-refractivity contribution in [3.63, 3.8) is 0 Å². The van der Waals surface area contributed by atoms with Gasteiger partial charge in [-0.2, -0.15) is 12.7 Å². The zero-order valence-electron chi connectivity index (χ0n) is 20.8. The summed E-state index contributed by atoms with van der Waals surface area (Å²) in [4.78, 5) is 27.4. The van der Waals surface area contributed by atoms with E-state index in [1.165, 1.54) is 26.0 Å². The van der Waals surface area contributed by atoms with Crippen molar-refractivity contribution >= 4 is 27.7 Å². The molecule has 34 heavy (non-hydrogen) atoms. The van der Waals surface area contributed by atoms with Gasteiger partial charge in [0.25, 0.3) is 0 Å². The smallest absolute Gasteiger partial charge is 0.304 e. The summed E-state index contributed by atoms with van der Waals surface area (Å²) in [7, 11) is 1.87. The molecule has 0 aliphatic rings. The number of hydrogen-bond acceptors (Lipinski definition) is 5. The Balaban J connectivity index is 2.51. The van der Waals surface area contributed by atoms with E-state index in [2.05, 4.69) is 5.32 Å². The first-order valence-electron chi connectivity index (χ1n) is 10.8. The van der Waals surface area contributed by atoms with Crippen LogP contribution < -0.4 is 14.4 Å². The predicted octanol–water partition coefficient (Wildman–Crippen LogP) is 2.09. The van der Waals surface area contributed by atoms with E-state index in [0.29, 0.717) is 17.0 Å². The van der Waals surface area contributed by atoms with E-state index in [9.17, 15) is 18.0 Å². The second kappa shape index (κ2) is 11.3. The molecule has 0 radical (unpaired) electrons. The third kappa shape index (κ3) is 6.27. The second-order valence-electron chi connectivity index (χ2n) is 8.25. The third-order valence-electron chi connectivity index (χ3n) is 5.55. The number of rotatable bonds is 10. The molecule has 0 aliphatic carbocycles. The van der Waals surface area contributed by atoms with Gasteiger partial charge in [0.05, 0.1) is 12.8 Å². The van der Waals surface area contributed by atoms with E-state index >= 15 is 0 Å². The van der Waals surface area contributed by atoms with Crippen LogP contribution in [0.1, 0.15) is 23.6 Å². The van der Waals surface area contributed by atoms with Gasteiger partial charge in [-0.25, -0.2) is 4.31 Å². The SMILES string of the molecule is CNC(=O)[C@@H](C)N(Cc1cccc(OC)c1)C(=O)CN(c1cc(C)ccc1C)S(=O)(=O)N(C)C. The fourth-order valence-electron chi connectivity index (χ4n) is 3.45. The minimum atomic E-state index is -4.00. The van der Waals surface area contributed by atoms with Crippen LogP contribution in [0.5, 0.6) is 5.75 Å². The number of nitrogens with one attached hydrogen (secondary N) is 1. The minimum absolute atomic E-state index is 0.104. The molecule has 2 aromatic rings. The van der Waals surface area contributed by atoms with Crippen LogP contribution in [0, 0.1) is 13.8 Å². The molecule has 0 aliphatic heterocycles. The molecule has 2 amide bonds. The highest BCUT2D eigenvalue weighted by Crippen LogP contribution is 2.26. The maximum absolute atomic E-state index is 13.6. The van der Waals surface area contributed by atoms with Gasteiger partial charge in [0.2, 0.25) is 11.8 Å². The van der Waals surface area contributed by atoms with Crippen molar-refractivity contribution in [2.45, 2.75) is 33.4 Å². The van der Waals surface area contributed by atoms with Crippen LogP contribution in [0.25, 0.3) is 0 Å². The molecule has 1 N–H and O–H groups in total. The van der Waals surface area contributed by atoms with Gasteiger partial charge in [0.1, 0.15) is 18.3 Å². The molecule has 9 nitrogen and oxygen atoms in total. The van der Waals surface area contributed by atoms with Gasteiger partial charge in [-0.15, -0.1) is 0 Å². The summed E-state index contributed by atoms with van der Waals surface area (Å²) in [6.07, 6.45) is 0. The van der Waals surface area contributed by atoms with Crippen molar-refractivity contribution < 1.29 is 22.7 Å². The molecule has 0 aromatic heterocycles. The Hall–Kier alpha value is -3.11. The number of ether oxygens (including phenoxy) is 1. The zero-order chi connectivity index (χ0) is 25.6. The molecule has 0 bridgehead atoms. The Morgan fingerprint density at radius 1 is 1.09 bits per heavy atom. The number of carbonyl (C=O) groups is 2. The van der Waals surface area contributed by atoms with Crippen LogP contribution in [0.2, 0.25) is 0 Å². The number of carbonyl (C=O) groups excluding carboxylic acids is 2. The Labute approximate surface area is 202 Å².